The Morgan fingerprint density at radius 3 is 2.67 bits per heavy atom. The lowest BCUT2D eigenvalue weighted by Gasteiger charge is -2.11. The third-order valence-corrected chi connectivity index (χ3v) is 3.50. The van der Waals surface area contributed by atoms with Crippen molar-refractivity contribution in [2.75, 3.05) is 0 Å². The Labute approximate surface area is 86.1 Å². The van der Waals surface area contributed by atoms with E-state index in [2.05, 4.69) is 41.2 Å². The lowest BCUT2D eigenvalue weighted by Crippen LogP contribution is -2.11. The van der Waals surface area contributed by atoms with Crippen LogP contribution >= 0.6 is 27.3 Å². The summed E-state index contributed by atoms with van der Waals surface area (Å²) in [7, 11) is 0. The van der Waals surface area contributed by atoms with Crippen LogP contribution in [0.2, 0.25) is 0 Å². The molecule has 0 aromatic carbocycles. The van der Waals surface area contributed by atoms with Gasteiger partial charge in [-0.1, -0.05) is 13.8 Å². The van der Waals surface area contributed by atoms with Crippen LogP contribution in [-0.2, 0) is 0 Å². The van der Waals surface area contributed by atoms with Gasteiger partial charge in [0.1, 0.15) is 0 Å². The predicted molar refractivity (Wildman–Crippen MR) is 58.4 cm³/mol. The van der Waals surface area contributed by atoms with E-state index in [1.54, 1.807) is 11.3 Å². The normalized spacial score (nSPS) is 13.8. The van der Waals surface area contributed by atoms with Crippen LogP contribution in [0.3, 0.4) is 0 Å². The zero-order valence-electron chi connectivity index (χ0n) is 7.38. The highest BCUT2D eigenvalue weighted by Crippen LogP contribution is 2.27. The minimum atomic E-state index is 0.210. The van der Waals surface area contributed by atoms with Gasteiger partial charge in [0.2, 0.25) is 0 Å². The second-order valence-corrected chi connectivity index (χ2v) is 5.26. The zero-order valence-corrected chi connectivity index (χ0v) is 9.78. The first kappa shape index (κ1) is 10.2. The molecule has 68 valence electrons. The first-order chi connectivity index (χ1) is 5.59. The van der Waals surface area contributed by atoms with Gasteiger partial charge in [-0.15, -0.1) is 11.3 Å². The monoisotopic (exact) mass is 247 g/mol. The molecule has 1 rings (SSSR count). The van der Waals surface area contributed by atoms with Gasteiger partial charge in [0.25, 0.3) is 0 Å². The van der Waals surface area contributed by atoms with Crippen LogP contribution in [0.4, 0.5) is 0 Å². The highest BCUT2D eigenvalue weighted by atomic mass is 79.9. The van der Waals surface area contributed by atoms with Crippen LogP contribution in [0, 0.1) is 5.92 Å². The molecule has 0 bridgehead atoms. The second-order valence-electron chi connectivity index (χ2n) is 3.40. The van der Waals surface area contributed by atoms with Crippen LogP contribution in [0.15, 0.2) is 15.9 Å². The van der Waals surface area contributed by atoms with Gasteiger partial charge in [-0.3, -0.25) is 0 Å². The van der Waals surface area contributed by atoms with E-state index < -0.39 is 0 Å². The van der Waals surface area contributed by atoms with Crippen molar-refractivity contribution in [2.24, 2.45) is 11.7 Å². The number of hydrogen-bond donors (Lipinski definition) is 1. The van der Waals surface area contributed by atoms with Crippen LogP contribution in [0.25, 0.3) is 0 Å². The van der Waals surface area contributed by atoms with E-state index in [-0.39, 0.29) is 6.04 Å². The van der Waals surface area contributed by atoms with Crippen molar-refractivity contribution >= 4 is 27.3 Å². The summed E-state index contributed by atoms with van der Waals surface area (Å²) >= 11 is 5.15. The van der Waals surface area contributed by atoms with Crippen LogP contribution in [-0.4, -0.2) is 0 Å². The van der Waals surface area contributed by atoms with Crippen molar-refractivity contribution in [1.29, 1.82) is 0 Å². The molecule has 1 aromatic heterocycles. The minimum absolute atomic E-state index is 0.210. The quantitative estimate of drug-likeness (QED) is 0.869. The molecule has 2 N–H and O–H groups in total. The molecule has 0 fully saturated rings. The Balaban J connectivity index is 2.58. The van der Waals surface area contributed by atoms with Gasteiger partial charge < -0.3 is 5.73 Å². The number of nitrogens with two attached hydrogens (primary N) is 1. The van der Waals surface area contributed by atoms with Gasteiger partial charge in [-0.05, 0) is 34.3 Å². The number of rotatable bonds is 3. The topological polar surface area (TPSA) is 26.0 Å². The summed E-state index contributed by atoms with van der Waals surface area (Å²) in [6, 6.07) is 2.32. The van der Waals surface area contributed by atoms with Gasteiger partial charge in [0, 0.05) is 20.8 Å². The summed E-state index contributed by atoms with van der Waals surface area (Å²) in [6.07, 6.45) is 1.06. The summed E-state index contributed by atoms with van der Waals surface area (Å²) in [5.41, 5.74) is 6.00. The molecule has 12 heavy (non-hydrogen) atoms. The van der Waals surface area contributed by atoms with Crippen molar-refractivity contribution in [3.8, 4) is 0 Å². The maximum absolute atomic E-state index is 6.00. The Morgan fingerprint density at radius 1 is 1.58 bits per heavy atom. The largest absolute Gasteiger partial charge is 0.323 e. The van der Waals surface area contributed by atoms with E-state index in [1.807, 2.05) is 0 Å². The molecule has 1 nitrogen and oxygen atoms in total. The second kappa shape index (κ2) is 4.40. The molecule has 0 aliphatic rings. The van der Waals surface area contributed by atoms with E-state index in [1.165, 1.54) is 4.88 Å². The van der Waals surface area contributed by atoms with Crippen molar-refractivity contribution in [3.05, 3.63) is 20.8 Å². The molecule has 3 heteroatoms. The van der Waals surface area contributed by atoms with Crippen LogP contribution in [0.5, 0.6) is 0 Å². The van der Waals surface area contributed by atoms with Crippen molar-refractivity contribution in [2.45, 2.75) is 26.3 Å². The molecule has 1 aromatic rings. The third-order valence-electron chi connectivity index (χ3n) is 1.68. The number of hydrogen-bond acceptors (Lipinski definition) is 2. The van der Waals surface area contributed by atoms with Gasteiger partial charge in [0.15, 0.2) is 0 Å². The lowest BCUT2D eigenvalue weighted by atomic mass is 10.0. The standard InChI is InChI=1S/C9H14BrNS/c1-6(2)3-8(11)9-4-7(10)5-12-9/h4-6,8H,3,11H2,1-2H3/t8-/m0/s1. The molecule has 1 atom stereocenters. The summed E-state index contributed by atoms with van der Waals surface area (Å²) in [4.78, 5) is 1.27. The highest BCUT2D eigenvalue weighted by Gasteiger charge is 2.09. The average Bonchev–Trinajstić information content (AvgIpc) is 2.34. The maximum atomic E-state index is 6.00. The molecule has 0 saturated carbocycles. The Bertz CT molecular complexity index is 244. The molecule has 0 spiro atoms. The molecule has 0 aliphatic heterocycles. The van der Waals surface area contributed by atoms with Crippen LogP contribution < -0.4 is 5.73 Å². The van der Waals surface area contributed by atoms with Crippen molar-refractivity contribution < 1.29 is 0 Å². The molecular weight excluding hydrogens is 234 g/mol. The van der Waals surface area contributed by atoms with E-state index >= 15 is 0 Å². The van der Waals surface area contributed by atoms with Crippen molar-refractivity contribution in [3.63, 3.8) is 0 Å². The summed E-state index contributed by atoms with van der Waals surface area (Å²) < 4.78 is 1.14. The van der Waals surface area contributed by atoms with E-state index in [0.29, 0.717) is 5.92 Å². The van der Waals surface area contributed by atoms with E-state index in [4.69, 9.17) is 5.73 Å². The Morgan fingerprint density at radius 2 is 2.25 bits per heavy atom. The molecule has 0 radical (unpaired) electrons. The first-order valence-corrected chi connectivity index (χ1v) is 5.76. The molecular formula is C9H14BrNS. The van der Waals surface area contributed by atoms with Gasteiger partial charge in [-0.25, -0.2) is 0 Å². The first-order valence-electron chi connectivity index (χ1n) is 4.09. The highest BCUT2D eigenvalue weighted by molar-refractivity contribution is 9.10. The molecule has 0 saturated heterocycles. The maximum Gasteiger partial charge on any atom is 0.0392 e. The van der Waals surface area contributed by atoms with Crippen LogP contribution in [0.1, 0.15) is 31.2 Å². The summed E-state index contributed by atoms with van der Waals surface area (Å²) in [5.74, 6) is 0.667. The molecule has 0 amide bonds. The summed E-state index contributed by atoms with van der Waals surface area (Å²) in [6.45, 7) is 4.39. The minimum Gasteiger partial charge on any atom is -0.323 e. The number of halogens is 1. The van der Waals surface area contributed by atoms with Gasteiger partial charge in [-0.2, -0.15) is 0 Å². The Hall–Kier alpha value is 0.140. The SMILES string of the molecule is CC(C)C[C@H](N)c1cc(Br)cs1. The third kappa shape index (κ3) is 2.88. The van der Waals surface area contributed by atoms with Gasteiger partial charge >= 0.3 is 0 Å². The molecule has 0 aliphatic carbocycles. The van der Waals surface area contributed by atoms with Gasteiger partial charge in [0.05, 0.1) is 0 Å². The smallest absolute Gasteiger partial charge is 0.0392 e. The fraction of sp³-hybridized carbons (Fsp3) is 0.556. The predicted octanol–water partition coefficient (Wildman–Crippen LogP) is 3.56. The van der Waals surface area contributed by atoms with Crippen molar-refractivity contribution in [1.82, 2.24) is 0 Å². The Kier molecular flexibility index (Phi) is 3.75. The fourth-order valence-corrected chi connectivity index (χ4v) is 2.61. The van der Waals surface area contributed by atoms with E-state index in [9.17, 15) is 0 Å². The fourth-order valence-electron chi connectivity index (χ4n) is 1.15. The average molecular weight is 248 g/mol. The number of thiophene rings is 1. The lowest BCUT2D eigenvalue weighted by molar-refractivity contribution is 0.515. The summed E-state index contributed by atoms with van der Waals surface area (Å²) in [5, 5.41) is 2.08. The molecule has 0 unspecified atom stereocenters. The zero-order chi connectivity index (χ0) is 9.14. The molecule has 1 heterocycles. The van der Waals surface area contributed by atoms with E-state index in [0.717, 1.165) is 10.9 Å².